The molecule has 190 valence electrons. The van der Waals surface area contributed by atoms with Crippen molar-refractivity contribution in [3.63, 3.8) is 0 Å². The number of nitrogens with zero attached hydrogens (tertiary/aromatic N) is 2. The van der Waals surface area contributed by atoms with E-state index in [1.54, 1.807) is 19.3 Å². The molecule has 3 aromatic rings. The molecule has 3 aromatic heterocycles. The molecule has 8 nitrogen and oxygen atoms in total. The fraction of sp³-hybridized carbons (Fsp3) is 0.520. The predicted octanol–water partition coefficient (Wildman–Crippen LogP) is 3.57. The van der Waals surface area contributed by atoms with Crippen LogP contribution in [0, 0.1) is 5.82 Å². The maximum Gasteiger partial charge on any atom is 0.274 e. The first-order chi connectivity index (χ1) is 16.4. The first kappa shape index (κ1) is 25.4. The molecular formula is C25H33FN4O4S. The zero-order chi connectivity index (χ0) is 25.7. The van der Waals surface area contributed by atoms with Crippen LogP contribution in [0.4, 0.5) is 4.39 Å². The molecule has 0 aliphatic carbocycles. The Morgan fingerprint density at radius 1 is 1.40 bits per heavy atom. The van der Waals surface area contributed by atoms with Gasteiger partial charge in [-0.2, -0.15) is 0 Å². The fourth-order valence-electron chi connectivity index (χ4n) is 4.44. The number of hydrogen-bond acceptors (Lipinski definition) is 6. The van der Waals surface area contributed by atoms with E-state index in [-0.39, 0.29) is 45.4 Å². The minimum Gasteiger partial charge on any atom is -0.487 e. The number of pyridine rings is 1. The Balaban J connectivity index is 1.87. The molecule has 1 aliphatic heterocycles. The van der Waals surface area contributed by atoms with Crippen LogP contribution < -0.4 is 15.6 Å². The molecule has 3 N–H and O–H groups in total. The zero-order valence-electron chi connectivity index (χ0n) is 21.0. The Morgan fingerprint density at radius 3 is 2.71 bits per heavy atom. The van der Waals surface area contributed by atoms with Crippen molar-refractivity contribution in [2.75, 3.05) is 20.2 Å². The monoisotopic (exact) mass is 504 g/mol. The third-order valence-corrected chi connectivity index (χ3v) is 7.82. The van der Waals surface area contributed by atoms with E-state index in [0.29, 0.717) is 22.4 Å². The van der Waals surface area contributed by atoms with Gasteiger partial charge >= 0.3 is 0 Å². The van der Waals surface area contributed by atoms with E-state index in [0.717, 1.165) is 30.7 Å². The lowest BCUT2D eigenvalue weighted by atomic mass is 10.1. The Morgan fingerprint density at radius 2 is 2.11 bits per heavy atom. The van der Waals surface area contributed by atoms with Gasteiger partial charge in [-0.25, -0.2) is 4.39 Å². The van der Waals surface area contributed by atoms with Gasteiger partial charge in [0.2, 0.25) is 0 Å². The number of rotatable bonds is 7. The van der Waals surface area contributed by atoms with Gasteiger partial charge in [0.25, 0.3) is 11.5 Å². The quantitative estimate of drug-likeness (QED) is 0.457. The zero-order valence-corrected chi connectivity index (χ0v) is 21.8. The molecule has 0 aromatic carbocycles. The topological polar surface area (TPSA) is 99.6 Å². The van der Waals surface area contributed by atoms with Crippen LogP contribution in [0.5, 0.6) is 5.75 Å². The standard InChI is InChI=1S/C25H33FN4O4S/c1-13(2)27-23(31)17-10-15-16(11-30(6)24(32)19(15)28-17)21-20(18(26)22(35-21)25(3,4)33)34-12-14-8-7-9-29(14)5/h10-11,13-14,28,33H,7-9,12H2,1-6H3,(H,27,31). The summed E-state index contributed by atoms with van der Waals surface area (Å²) < 4.78 is 23.2. The summed E-state index contributed by atoms with van der Waals surface area (Å²) in [7, 11) is 3.63. The number of carbonyl (C=O) groups excluding carboxylic acids is 1. The van der Waals surface area contributed by atoms with Crippen LogP contribution in [-0.2, 0) is 12.6 Å². The number of H-pyrrole nitrogens is 1. The van der Waals surface area contributed by atoms with Gasteiger partial charge in [-0.3, -0.25) is 9.59 Å². The van der Waals surface area contributed by atoms with Gasteiger partial charge in [0.1, 0.15) is 17.8 Å². The summed E-state index contributed by atoms with van der Waals surface area (Å²) in [5.74, 6) is -0.880. The SMILES string of the molecule is CC(C)NC(=O)c1cc2c(-c3sc(C(C)(C)O)c(F)c3OCC3CCCN3C)cn(C)c(=O)c2[nH]1. The number of aromatic amines is 1. The molecule has 10 heteroatoms. The van der Waals surface area contributed by atoms with E-state index in [4.69, 9.17) is 4.74 Å². The number of halogens is 1. The molecule has 0 saturated carbocycles. The normalized spacial score (nSPS) is 17.0. The first-order valence-electron chi connectivity index (χ1n) is 11.8. The summed E-state index contributed by atoms with van der Waals surface area (Å²) in [5.41, 5.74) is -0.680. The molecule has 1 saturated heterocycles. The average Bonchev–Trinajstić information content (AvgIpc) is 3.46. The van der Waals surface area contributed by atoms with Gasteiger partial charge in [0.05, 0.1) is 15.4 Å². The first-order valence-corrected chi connectivity index (χ1v) is 12.6. The number of amides is 1. The molecule has 1 unspecified atom stereocenters. The minimum absolute atomic E-state index is 0.0572. The number of hydrogen-bond donors (Lipinski definition) is 3. The van der Waals surface area contributed by atoms with Gasteiger partial charge < -0.3 is 29.6 Å². The number of aryl methyl sites for hydroxylation is 1. The lowest BCUT2D eigenvalue weighted by molar-refractivity contribution is 0.0780. The van der Waals surface area contributed by atoms with Crippen LogP contribution in [0.2, 0.25) is 0 Å². The molecular weight excluding hydrogens is 471 g/mol. The van der Waals surface area contributed by atoms with Crippen molar-refractivity contribution in [2.24, 2.45) is 7.05 Å². The van der Waals surface area contributed by atoms with Crippen molar-refractivity contribution in [1.29, 1.82) is 0 Å². The third-order valence-electron chi connectivity index (χ3n) is 6.33. The molecule has 1 fully saturated rings. The summed E-state index contributed by atoms with van der Waals surface area (Å²) in [6.07, 6.45) is 3.65. The van der Waals surface area contributed by atoms with Crippen molar-refractivity contribution >= 4 is 28.1 Å². The van der Waals surface area contributed by atoms with Gasteiger partial charge in [-0.15, -0.1) is 11.3 Å². The average molecular weight is 505 g/mol. The molecule has 1 aliphatic rings. The van der Waals surface area contributed by atoms with E-state index in [2.05, 4.69) is 15.2 Å². The summed E-state index contributed by atoms with van der Waals surface area (Å²) in [4.78, 5) is 31.3. The largest absolute Gasteiger partial charge is 0.487 e. The maximum atomic E-state index is 15.7. The molecule has 4 rings (SSSR count). The number of aromatic nitrogens is 2. The van der Waals surface area contributed by atoms with Crippen LogP contribution in [0.15, 0.2) is 17.1 Å². The predicted molar refractivity (Wildman–Crippen MR) is 136 cm³/mol. The summed E-state index contributed by atoms with van der Waals surface area (Å²) in [6, 6.07) is 1.71. The molecule has 1 amide bonds. The highest BCUT2D eigenvalue weighted by Gasteiger charge is 2.32. The van der Waals surface area contributed by atoms with Crippen LogP contribution in [0.25, 0.3) is 21.3 Å². The van der Waals surface area contributed by atoms with E-state index < -0.39 is 11.4 Å². The van der Waals surface area contributed by atoms with Gasteiger partial charge in [0, 0.05) is 36.3 Å². The number of fused-ring (bicyclic) bond motifs is 1. The number of likely N-dealkylation sites (N-methyl/N-ethyl adjacent to an activating group) is 1. The molecule has 1 atom stereocenters. The van der Waals surface area contributed by atoms with Gasteiger partial charge in [0.15, 0.2) is 11.6 Å². The van der Waals surface area contributed by atoms with Crippen LogP contribution in [0.3, 0.4) is 0 Å². The maximum absolute atomic E-state index is 15.7. The molecule has 4 heterocycles. The smallest absolute Gasteiger partial charge is 0.274 e. The Bertz CT molecular complexity index is 1320. The van der Waals surface area contributed by atoms with E-state index in [1.165, 1.54) is 18.4 Å². The number of carbonyl (C=O) groups is 1. The highest BCUT2D eigenvalue weighted by Crippen LogP contribution is 2.47. The summed E-state index contributed by atoms with van der Waals surface area (Å²) in [5, 5.41) is 13.9. The van der Waals surface area contributed by atoms with Crippen LogP contribution in [-0.4, -0.2) is 57.7 Å². The summed E-state index contributed by atoms with van der Waals surface area (Å²) >= 11 is 1.09. The van der Waals surface area contributed by atoms with Crippen molar-refractivity contribution in [3.05, 3.63) is 39.0 Å². The van der Waals surface area contributed by atoms with Crippen LogP contribution >= 0.6 is 11.3 Å². The van der Waals surface area contributed by atoms with Crippen molar-refractivity contribution in [1.82, 2.24) is 19.8 Å². The number of thiophene rings is 1. The number of aliphatic hydroxyl groups is 1. The van der Waals surface area contributed by atoms with E-state index >= 15 is 4.39 Å². The number of likely N-dealkylation sites (tertiary alicyclic amines) is 1. The fourth-order valence-corrected chi connectivity index (χ4v) is 5.59. The highest BCUT2D eigenvalue weighted by molar-refractivity contribution is 7.16. The Labute approximate surface area is 207 Å². The molecule has 0 spiro atoms. The van der Waals surface area contributed by atoms with Gasteiger partial charge in [-0.1, -0.05) is 0 Å². The Hall–Kier alpha value is -2.69. The van der Waals surface area contributed by atoms with Gasteiger partial charge in [-0.05, 0) is 60.2 Å². The molecule has 0 bridgehead atoms. The van der Waals surface area contributed by atoms with Crippen LogP contribution in [0.1, 0.15) is 55.9 Å². The third kappa shape index (κ3) is 4.87. The van der Waals surface area contributed by atoms with Crippen molar-refractivity contribution in [2.45, 2.75) is 58.2 Å². The molecule has 35 heavy (non-hydrogen) atoms. The van der Waals surface area contributed by atoms with Crippen molar-refractivity contribution < 1.29 is 19.0 Å². The van der Waals surface area contributed by atoms with E-state index in [1.807, 2.05) is 20.9 Å². The number of nitrogens with one attached hydrogen (secondary N) is 2. The molecule has 0 radical (unpaired) electrons. The summed E-state index contributed by atoms with van der Waals surface area (Å²) in [6.45, 7) is 8.04. The van der Waals surface area contributed by atoms with Crippen molar-refractivity contribution in [3.8, 4) is 16.2 Å². The lowest BCUT2D eigenvalue weighted by Gasteiger charge is -2.20. The minimum atomic E-state index is -1.42. The Kier molecular flexibility index (Phi) is 6.82. The second kappa shape index (κ2) is 9.40. The number of ether oxygens (including phenoxy) is 1. The second-order valence-corrected chi connectivity index (χ2v) is 11.1. The highest BCUT2D eigenvalue weighted by atomic mass is 32.1. The van der Waals surface area contributed by atoms with E-state index in [9.17, 15) is 14.7 Å². The lowest BCUT2D eigenvalue weighted by Crippen LogP contribution is -2.30. The second-order valence-electron chi connectivity index (χ2n) is 10.1.